The third-order valence-corrected chi connectivity index (χ3v) is 4.76. The molecule has 0 fully saturated rings. The molecule has 0 atom stereocenters. The van der Waals surface area contributed by atoms with E-state index in [4.69, 9.17) is 4.42 Å². The highest BCUT2D eigenvalue weighted by atomic mass is 79.9. The molecular weight excluding hydrogens is 422 g/mol. The van der Waals surface area contributed by atoms with Crippen LogP contribution in [-0.2, 0) is 13.1 Å². The Morgan fingerprint density at radius 3 is 2.71 bits per heavy atom. The van der Waals surface area contributed by atoms with Gasteiger partial charge in [0.2, 0.25) is 0 Å². The maximum absolute atomic E-state index is 12.5. The van der Waals surface area contributed by atoms with E-state index in [1.54, 1.807) is 27.7 Å². The number of carbonyl (C=O) groups is 1. The molecule has 7 nitrogen and oxygen atoms in total. The smallest absolute Gasteiger partial charge is 0.292 e. The topological polar surface area (TPSA) is 77.9 Å². The van der Waals surface area contributed by atoms with Crippen LogP contribution in [0.5, 0.6) is 0 Å². The molecule has 142 valence electrons. The first kappa shape index (κ1) is 18.2. The molecule has 3 heterocycles. The van der Waals surface area contributed by atoms with E-state index in [1.807, 2.05) is 18.5 Å². The van der Waals surface area contributed by atoms with Crippen molar-refractivity contribution in [1.82, 2.24) is 19.6 Å². The minimum absolute atomic E-state index is 0.224. The van der Waals surface area contributed by atoms with E-state index < -0.39 is 0 Å². The third-order valence-electron chi connectivity index (χ3n) is 4.18. The van der Waals surface area contributed by atoms with Crippen molar-refractivity contribution in [3.63, 3.8) is 0 Å². The highest BCUT2D eigenvalue weighted by Gasteiger charge is 2.16. The SMILES string of the molecule is Cc1ccc(Cn2cc(Br)c(NC(=O)c3ccc(Cn4cccn4)o3)n2)cc1. The molecule has 0 saturated carbocycles. The van der Waals surface area contributed by atoms with Crippen molar-refractivity contribution in [2.75, 3.05) is 5.32 Å². The molecule has 28 heavy (non-hydrogen) atoms. The van der Waals surface area contributed by atoms with Gasteiger partial charge in [-0.05, 0) is 46.6 Å². The minimum Gasteiger partial charge on any atom is -0.454 e. The fourth-order valence-electron chi connectivity index (χ4n) is 2.75. The molecular formula is C20H18BrN5O2. The van der Waals surface area contributed by atoms with Crippen molar-refractivity contribution in [1.29, 1.82) is 0 Å². The molecule has 0 aliphatic heterocycles. The Kier molecular flexibility index (Phi) is 5.12. The number of anilines is 1. The van der Waals surface area contributed by atoms with E-state index >= 15 is 0 Å². The molecule has 4 aromatic rings. The maximum atomic E-state index is 12.5. The van der Waals surface area contributed by atoms with Crippen LogP contribution in [0.15, 0.2) is 69.9 Å². The van der Waals surface area contributed by atoms with Gasteiger partial charge in [0.25, 0.3) is 5.91 Å². The highest BCUT2D eigenvalue weighted by Crippen LogP contribution is 2.22. The van der Waals surface area contributed by atoms with Gasteiger partial charge in [0.05, 0.1) is 17.6 Å². The number of benzene rings is 1. The van der Waals surface area contributed by atoms with Crippen molar-refractivity contribution in [2.45, 2.75) is 20.0 Å². The van der Waals surface area contributed by atoms with Crippen molar-refractivity contribution < 1.29 is 9.21 Å². The van der Waals surface area contributed by atoms with Crippen LogP contribution in [0.2, 0.25) is 0 Å². The van der Waals surface area contributed by atoms with E-state index in [-0.39, 0.29) is 11.7 Å². The molecule has 0 spiro atoms. The number of amides is 1. The Morgan fingerprint density at radius 1 is 1.14 bits per heavy atom. The molecule has 0 bridgehead atoms. The summed E-state index contributed by atoms with van der Waals surface area (Å²) in [5.74, 6) is 0.968. The molecule has 0 saturated heterocycles. The third kappa shape index (κ3) is 4.23. The molecule has 1 aromatic carbocycles. The van der Waals surface area contributed by atoms with Crippen LogP contribution in [0.25, 0.3) is 0 Å². The Balaban J connectivity index is 1.42. The predicted octanol–water partition coefficient (Wildman–Crippen LogP) is 4.09. The van der Waals surface area contributed by atoms with Crippen molar-refractivity contribution in [3.8, 4) is 0 Å². The number of furan rings is 1. The summed E-state index contributed by atoms with van der Waals surface area (Å²) in [4.78, 5) is 12.5. The number of halogens is 1. The number of hydrogen-bond acceptors (Lipinski definition) is 4. The van der Waals surface area contributed by atoms with Crippen LogP contribution in [0.3, 0.4) is 0 Å². The summed E-state index contributed by atoms with van der Waals surface area (Å²) >= 11 is 3.45. The van der Waals surface area contributed by atoms with Crippen LogP contribution in [0.1, 0.15) is 27.4 Å². The summed E-state index contributed by atoms with van der Waals surface area (Å²) in [5, 5.41) is 11.3. The van der Waals surface area contributed by atoms with Gasteiger partial charge in [-0.1, -0.05) is 29.8 Å². The number of rotatable bonds is 6. The van der Waals surface area contributed by atoms with Crippen molar-refractivity contribution in [2.24, 2.45) is 0 Å². The maximum Gasteiger partial charge on any atom is 0.292 e. The van der Waals surface area contributed by atoms with Crippen LogP contribution in [0.4, 0.5) is 5.82 Å². The molecule has 0 aliphatic carbocycles. The van der Waals surface area contributed by atoms with Crippen molar-refractivity contribution in [3.05, 3.63) is 88.2 Å². The lowest BCUT2D eigenvalue weighted by Gasteiger charge is -2.03. The predicted molar refractivity (Wildman–Crippen MR) is 108 cm³/mol. The minimum atomic E-state index is -0.354. The molecule has 0 aliphatic rings. The van der Waals surface area contributed by atoms with Gasteiger partial charge in [-0.2, -0.15) is 10.2 Å². The first-order chi connectivity index (χ1) is 13.6. The van der Waals surface area contributed by atoms with Crippen LogP contribution in [0, 0.1) is 6.92 Å². The Hall–Kier alpha value is -3.13. The quantitative estimate of drug-likeness (QED) is 0.490. The van der Waals surface area contributed by atoms with Gasteiger partial charge < -0.3 is 9.73 Å². The van der Waals surface area contributed by atoms with Gasteiger partial charge in [0.1, 0.15) is 5.76 Å². The van der Waals surface area contributed by atoms with Crippen LogP contribution in [-0.4, -0.2) is 25.5 Å². The fraction of sp³-hybridized carbons (Fsp3) is 0.150. The number of hydrogen-bond donors (Lipinski definition) is 1. The first-order valence-electron chi connectivity index (χ1n) is 8.73. The summed E-state index contributed by atoms with van der Waals surface area (Å²) < 4.78 is 9.83. The fourth-order valence-corrected chi connectivity index (χ4v) is 3.17. The van der Waals surface area contributed by atoms with Crippen LogP contribution >= 0.6 is 15.9 Å². The summed E-state index contributed by atoms with van der Waals surface area (Å²) in [6.07, 6.45) is 5.36. The van der Waals surface area contributed by atoms with E-state index in [2.05, 4.69) is 62.6 Å². The van der Waals surface area contributed by atoms with Crippen molar-refractivity contribution >= 4 is 27.7 Å². The lowest BCUT2D eigenvalue weighted by Crippen LogP contribution is -2.12. The molecule has 0 unspecified atom stereocenters. The first-order valence-corrected chi connectivity index (χ1v) is 9.52. The van der Waals surface area contributed by atoms with Gasteiger partial charge in [-0.15, -0.1) is 0 Å². The van der Waals surface area contributed by atoms with Gasteiger partial charge in [-0.25, -0.2) is 0 Å². The Labute approximate surface area is 170 Å². The largest absolute Gasteiger partial charge is 0.454 e. The Bertz CT molecular complexity index is 1080. The zero-order valence-corrected chi connectivity index (χ0v) is 16.8. The van der Waals surface area contributed by atoms with E-state index in [9.17, 15) is 4.79 Å². The average molecular weight is 440 g/mol. The summed E-state index contributed by atoms with van der Waals surface area (Å²) in [6.45, 7) is 3.13. The van der Waals surface area contributed by atoms with Gasteiger partial charge in [0.15, 0.2) is 11.6 Å². The number of carbonyl (C=O) groups excluding carboxylic acids is 1. The molecule has 1 N–H and O–H groups in total. The summed E-state index contributed by atoms with van der Waals surface area (Å²) in [5.41, 5.74) is 2.34. The van der Waals surface area contributed by atoms with Gasteiger partial charge in [0, 0.05) is 18.6 Å². The monoisotopic (exact) mass is 439 g/mol. The summed E-state index contributed by atoms with van der Waals surface area (Å²) in [6, 6.07) is 13.5. The van der Waals surface area contributed by atoms with Gasteiger partial charge >= 0.3 is 0 Å². The highest BCUT2D eigenvalue weighted by molar-refractivity contribution is 9.10. The molecule has 3 aromatic heterocycles. The number of aromatic nitrogens is 4. The second kappa shape index (κ2) is 7.85. The number of nitrogens with zero attached hydrogens (tertiary/aromatic N) is 4. The van der Waals surface area contributed by atoms with Crippen LogP contribution < -0.4 is 5.32 Å². The van der Waals surface area contributed by atoms with E-state index in [0.717, 1.165) is 5.56 Å². The Morgan fingerprint density at radius 2 is 1.96 bits per heavy atom. The normalized spacial score (nSPS) is 10.9. The lowest BCUT2D eigenvalue weighted by molar-refractivity contribution is 0.0994. The second-order valence-electron chi connectivity index (χ2n) is 6.43. The zero-order valence-electron chi connectivity index (χ0n) is 15.2. The van der Waals surface area contributed by atoms with Gasteiger partial charge in [-0.3, -0.25) is 14.2 Å². The molecule has 4 rings (SSSR count). The molecule has 8 heteroatoms. The average Bonchev–Trinajstić information content (AvgIpc) is 3.41. The number of aryl methyl sites for hydroxylation is 1. The molecule has 1 amide bonds. The lowest BCUT2D eigenvalue weighted by atomic mass is 10.1. The number of nitrogens with one attached hydrogen (secondary N) is 1. The second-order valence-corrected chi connectivity index (χ2v) is 7.29. The zero-order chi connectivity index (χ0) is 19.5. The van der Waals surface area contributed by atoms with E-state index in [0.29, 0.717) is 29.1 Å². The summed E-state index contributed by atoms with van der Waals surface area (Å²) in [7, 11) is 0. The standard InChI is InChI=1S/C20H18BrN5O2/c1-14-3-5-15(6-4-14)11-26-13-17(21)19(24-26)23-20(27)18-8-7-16(28-18)12-25-10-2-9-22-25/h2-10,13H,11-12H2,1H3,(H,23,24,27). The van der Waals surface area contributed by atoms with E-state index in [1.165, 1.54) is 5.56 Å². The molecule has 0 radical (unpaired) electrons.